The Morgan fingerprint density at radius 2 is 1.66 bits per heavy atom. The van der Waals surface area contributed by atoms with Gasteiger partial charge in [0.05, 0.1) is 5.75 Å². The summed E-state index contributed by atoms with van der Waals surface area (Å²) in [6.07, 6.45) is 2.05. The first-order chi connectivity index (χ1) is 14.0. The van der Waals surface area contributed by atoms with E-state index in [0.717, 1.165) is 24.2 Å². The van der Waals surface area contributed by atoms with Crippen molar-refractivity contribution in [3.63, 3.8) is 0 Å². The first-order valence-electron chi connectivity index (χ1n) is 9.39. The van der Waals surface area contributed by atoms with Gasteiger partial charge in [-0.1, -0.05) is 0 Å². The topological polar surface area (TPSA) is 67.4 Å². The number of anilines is 1. The molecule has 2 atom stereocenters. The number of nitrogens with one attached hydrogen (secondary N) is 2. The van der Waals surface area contributed by atoms with E-state index in [1.807, 2.05) is 0 Å². The standard InChI is InChI=1S/C21H22F2N2O3S/c22-14-4-8-16(9-5-14)25-21(27)28-18-3-1-2-17(12-18)24-20(26)13-29-19-10-6-15(23)7-11-19/h4-11,17-18H,1-3,12-13H2,(H,24,26)(H,25,27)/t17-,18-/m1/s1. The van der Waals surface area contributed by atoms with Crippen LogP contribution in [0.4, 0.5) is 19.3 Å². The minimum atomic E-state index is -0.597. The smallest absolute Gasteiger partial charge is 0.411 e. The third kappa shape index (κ3) is 7.05. The Morgan fingerprint density at radius 3 is 2.34 bits per heavy atom. The van der Waals surface area contributed by atoms with E-state index < -0.39 is 6.09 Å². The summed E-state index contributed by atoms with van der Waals surface area (Å²) in [4.78, 5) is 25.0. The summed E-state index contributed by atoms with van der Waals surface area (Å²) in [5.41, 5.74) is 0.454. The van der Waals surface area contributed by atoms with Gasteiger partial charge in [-0.05, 0) is 67.8 Å². The molecule has 0 aromatic heterocycles. The summed E-state index contributed by atoms with van der Waals surface area (Å²) in [5, 5.41) is 5.54. The minimum Gasteiger partial charge on any atom is -0.446 e. The van der Waals surface area contributed by atoms with Crippen LogP contribution in [0.1, 0.15) is 25.7 Å². The molecule has 0 spiro atoms. The van der Waals surface area contributed by atoms with Crippen molar-refractivity contribution in [2.75, 3.05) is 11.1 Å². The molecule has 2 aromatic carbocycles. The fourth-order valence-corrected chi connectivity index (χ4v) is 3.87. The van der Waals surface area contributed by atoms with Gasteiger partial charge >= 0.3 is 6.09 Å². The zero-order valence-electron chi connectivity index (χ0n) is 15.7. The molecular weight excluding hydrogens is 398 g/mol. The highest BCUT2D eigenvalue weighted by atomic mass is 32.2. The van der Waals surface area contributed by atoms with Gasteiger partial charge in [0, 0.05) is 23.0 Å². The molecule has 154 valence electrons. The predicted molar refractivity (Wildman–Crippen MR) is 108 cm³/mol. The van der Waals surface area contributed by atoms with E-state index >= 15 is 0 Å². The fraction of sp³-hybridized carbons (Fsp3) is 0.333. The average Bonchev–Trinajstić information content (AvgIpc) is 2.69. The maximum atomic E-state index is 12.9. The first-order valence-corrected chi connectivity index (χ1v) is 10.4. The van der Waals surface area contributed by atoms with E-state index in [2.05, 4.69) is 10.6 Å². The highest BCUT2D eigenvalue weighted by Crippen LogP contribution is 2.23. The van der Waals surface area contributed by atoms with Crippen LogP contribution in [0.25, 0.3) is 0 Å². The van der Waals surface area contributed by atoms with E-state index in [9.17, 15) is 18.4 Å². The molecule has 0 unspecified atom stereocenters. The Balaban J connectivity index is 1.41. The number of rotatable bonds is 6. The molecular formula is C21H22F2N2O3S. The Labute approximate surface area is 172 Å². The highest BCUT2D eigenvalue weighted by molar-refractivity contribution is 8.00. The van der Waals surface area contributed by atoms with Crippen molar-refractivity contribution in [3.05, 3.63) is 60.2 Å². The summed E-state index contributed by atoms with van der Waals surface area (Å²) < 4.78 is 31.3. The van der Waals surface area contributed by atoms with Gasteiger partial charge in [0.1, 0.15) is 17.7 Å². The zero-order chi connectivity index (χ0) is 20.6. The predicted octanol–water partition coefficient (Wildman–Crippen LogP) is 4.73. The van der Waals surface area contributed by atoms with Crippen molar-refractivity contribution >= 4 is 29.4 Å². The average molecular weight is 420 g/mol. The molecule has 1 aliphatic rings. The van der Waals surface area contributed by atoms with Crippen molar-refractivity contribution in [3.8, 4) is 0 Å². The lowest BCUT2D eigenvalue weighted by molar-refractivity contribution is -0.119. The quantitative estimate of drug-likeness (QED) is 0.663. The molecule has 2 aromatic rings. The molecule has 1 fully saturated rings. The van der Waals surface area contributed by atoms with Gasteiger partial charge in [0.25, 0.3) is 0 Å². The molecule has 0 aliphatic heterocycles. The molecule has 3 rings (SSSR count). The van der Waals surface area contributed by atoms with Crippen LogP contribution < -0.4 is 10.6 Å². The van der Waals surface area contributed by atoms with Gasteiger partial charge < -0.3 is 10.1 Å². The van der Waals surface area contributed by atoms with Gasteiger partial charge in [0.2, 0.25) is 5.91 Å². The van der Waals surface area contributed by atoms with Gasteiger partial charge in [-0.15, -0.1) is 11.8 Å². The van der Waals surface area contributed by atoms with Gasteiger partial charge in [-0.2, -0.15) is 0 Å². The number of carbonyl (C=O) groups excluding carboxylic acids is 2. The molecule has 5 nitrogen and oxygen atoms in total. The lowest BCUT2D eigenvalue weighted by Gasteiger charge is -2.29. The minimum absolute atomic E-state index is 0.0614. The maximum absolute atomic E-state index is 12.9. The number of hydrogen-bond acceptors (Lipinski definition) is 4. The maximum Gasteiger partial charge on any atom is 0.411 e. The van der Waals surface area contributed by atoms with E-state index in [1.165, 1.54) is 48.2 Å². The molecule has 0 bridgehead atoms. The molecule has 0 radical (unpaired) electrons. The second-order valence-electron chi connectivity index (χ2n) is 6.83. The normalized spacial score (nSPS) is 18.7. The Bertz CT molecular complexity index is 831. The summed E-state index contributed by atoms with van der Waals surface area (Å²) in [6, 6.07) is 11.4. The molecule has 0 saturated heterocycles. The van der Waals surface area contributed by atoms with Crippen LogP contribution in [0.15, 0.2) is 53.4 Å². The lowest BCUT2D eigenvalue weighted by Crippen LogP contribution is -2.42. The van der Waals surface area contributed by atoms with Crippen LogP contribution in [-0.2, 0) is 9.53 Å². The number of carbonyl (C=O) groups is 2. The number of hydrogen-bond donors (Lipinski definition) is 2. The Kier molecular flexibility index (Phi) is 7.46. The second-order valence-corrected chi connectivity index (χ2v) is 7.88. The summed E-state index contributed by atoms with van der Waals surface area (Å²) in [7, 11) is 0. The van der Waals surface area contributed by atoms with E-state index in [-0.39, 0.29) is 35.4 Å². The summed E-state index contributed by atoms with van der Waals surface area (Å²) >= 11 is 1.34. The van der Waals surface area contributed by atoms with Gasteiger partial charge in [-0.25, -0.2) is 13.6 Å². The van der Waals surface area contributed by atoms with Crippen molar-refractivity contribution in [1.82, 2.24) is 5.32 Å². The Hall–Kier alpha value is -2.61. The van der Waals surface area contributed by atoms with Crippen molar-refractivity contribution in [2.24, 2.45) is 0 Å². The van der Waals surface area contributed by atoms with E-state index in [0.29, 0.717) is 12.1 Å². The van der Waals surface area contributed by atoms with E-state index in [4.69, 9.17) is 4.74 Å². The number of benzene rings is 2. The lowest BCUT2D eigenvalue weighted by atomic mass is 9.93. The van der Waals surface area contributed by atoms with Crippen LogP contribution in [0.3, 0.4) is 0 Å². The number of amides is 2. The number of ether oxygens (including phenoxy) is 1. The molecule has 8 heteroatoms. The SMILES string of the molecule is O=C(CSc1ccc(F)cc1)N[C@@H]1CCC[C@@H](OC(=O)Nc2ccc(F)cc2)C1. The molecule has 2 N–H and O–H groups in total. The molecule has 1 saturated carbocycles. The Morgan fingerprint density at radius 1 is 1.00 bits per heavy atom. The van der Waals surface area contributed by atoms with E-state index in [1.54, 1.807) is 12.1 Å². The van der Waals surface area contributed by atoms with Crippen molar-refractivity contribution in [1.29, 1.82) is 0 Å². The molecule has 1 aliphatic carbocycles. The van der Waals surface area contributed by atoms with Crippen LogP contribution in [-0.4, -0.2) is 29.9 Å². The second kappa shape index (κ2) is 10.2. The van der Waals surface area contributed by atoms with Crippen LogP contribution in [0, 0.1) is 11.6 Å². The van der Waals surface area contributed by atoms with Crippen LogP contribution in [0.2, 0.25) is 0 Å². The fourth-order valence-electron chi connectivity index (χ4n) is 3.16. The summed E-state index contributed by atoms with van der Waals surface area (Å²) in [6.45, 7) is 0. The highest BCUT2D eigenvalue weighted by Gasteiger charge is 2.26. The monoisotopic (exact) mass is 420 g/mol. The molecule has 0 heterocycles. The van der Waals surface area contributed by atoms with Gasteiger partial charge in [0.15, 0.2) is 0 Å². The molecule has 29 heavy (non-hydrogen) atoms. The van der Waals surface area contributed by atoms with Crippen molar-refractivity contribution in [2.45, 2.75) is 42.7 Å². The summed E-state index contributed by atoms with van der Waals surface area (Å²) in [5.74, 6) is -0.567. The zero-order valence-corrected chi connectivity index (χ0v) is 16.5. The largest absolute Gasteiger partial charge is 0.446 e. The van der Waals surface area contributed by atoms with Crippen LogP contribution in [0.5, 0.6) is 0 Å². The molecule has 2 amide bonds. The first kappa shape index (κ1) is 21.1. The van der Waals surface area contributed by atoms with Crippen molar-refractivity contribution < 1.29 is 23.1 Å². The van der Waals surface area contributed by atoms with Crippen LogP contribution >= 0.6 is 11.8 Å². The third-order valence-corrected chi connectivity index (χ3v) is 5.55. The van der Waals surface area contributed by atoms with Gasteiger partial charge in [-0.3, -0.25) is 10.1 Å². The number of halogens is 2. The number of thioether (sulfide) groups is 1. The third-order valence-electron chi connectivity index (χ3n) is 4.54.